The lowest BCUT2D eigenvalue weighted by Gasteiger charge is -2.18. The Bertz CT molecular complexity index is 1280. The smallest absolute Gasteiger partial charge is 0.306 e. The van der Waals surface area contributed by atoms with Gasteiger partial charge in [0.1, 0.15) is 13.2 Å². The number of hydrogen-bond donors (Lipinski definition) is 0. The van der Waals surface area contributed by atoms with Gasteiger partial charge in [0.05, 0.1) is 0 Å². The largest absolute Gasteiger partial charge is 0.462 e. The summed E-state index contributed by atoms with van der Waals surface area (Å²) in [7, 11) is 0. The molecular weight excluding hydrogens is 877 g/mol. The summed E-state index contributed by atoms with van der Waals surface area (Å²) in [5.41, 5.74) is 0. The molecule has 412 valence electrons. The fraction of sp³-hybridized carbons (Fsp3) is 0.800. The Hall–Kier alpha value is -2.89. The second-order valence-electron chi connectivity index (χ2n) is 20.6. The molecule has 1 atom stereocenters. The van der Waals surface area contributed by atoms with Gasteiger partial charge in [0.15, 0.2) is 6.10 Å². The molecule has 0 saturated carbocycles. The molecular formula is C65H116O6. The van der Waals surface area contributed by atoms with Crippen LogP contribution in [0.25, 0.3) is 0 Å². The Labute approximate surface area is 440 Å². The number of unbranched alkanes of at least 4 members (excludes halogenated alkanes) is 35. The van der Waals surface area contributed by atoms with Gasteiger partial charge in [-0.05, 0) is 83.5 Å². The van der Waals surface area contributed by atoms with Crippen LogP contribution in [-0.2, 0) is 28.6 Å². The topological polar surface area (TPSA) is 78.9 Å². The average Bonchev–Trinajstić information content (AvgIpc) is 3.37. The molecule has 6 heteroatoms. The van der Waals surface area contributed by atoms with Gasteiger partial charge >= 0.3 is 17.9 Å². The normalized spacial score (nSPS) is 12.4. The van der Waals surface area contributed by atoms with E-state index in [4.69, 9.17) is 14.2 Å². The van der Waals surface area contributed by atoms with Gasteiger partial charge in [0.2, 0.25) is 0 Å². The zero-order valence-electron chi connectivity index (χ0n) is 47.2. The van der Waals surface area contributed by atoms with E-state index < -0.39 is 6.10 Å². The zero-order valence-corrected chi connectivity index (χ0v) is 47.2. The molecule has 0 saturated heterocycles. The van der Waals surface area contributed by atoms with Gasteiger partial charge in [0, 0.05) is 19.3 Å². The van der Waals surface area contributed by atoms with Crippen molar-refractivity contribution in [1.29, 1.82) is 0 Å². The first-order chi connectivity index (χ1) is 35.0. The van der Waals surface area contributed by atoms with Crippen molar-refractivity contribution in [3.63, 3.8) is 0 Å². The van der Waals surface area contributed by atoms with Crippen molar-refractivity contribution in [2.45, 2.75) is 322 Å². The Morgan fingerprint density at radius 2 is 0.521 bits per heavy atom. The van der Waals surface area contributed by atoms with Crippen molar-refractivity contribution >= 4 is 17.9 Å². The van der Waals surface area contributed by atoms with Crippen LogP contribution in [-0.4, -0.2) is 37.2 Å². The van der Waals surface area contributed by atoms with Crippen LogP contribution in [0.5, 0.6) is 0 Å². The van der Waals surface area contributed by atoms with Crippen LogP contribution in [0.1, 0.15) is 316 Å². The van der Waals surface area contributed by atoms with Crippen LogP contribution in [0, 0.1) is 0 Å². The molecule has 0 aromatic heterocycles. The summed E-state index contributed by atoms with van der Waals surface area (Å²) in [5, 5.41) is 0. The third-order valence-corrected chi connectivity index (χ3v) is 13.5. The SMILES string of the molecule is CCCCC/C=C\C/C=C\C/C=C\C/C=C\CCCC(=O)OC[C@H](COC(=O)CCCCCCCCC/C=C\CCCCCC)OC(=O)CCCCCCCCCCCCCCCCCCCCCCC. The highest BCUT2D eigenvalue weighted by Crippen LogP contribution is 2.17. The van der Waals surface area contributed by atoms with E-state index in [0.717, 1.165) is 64.2 Å². The van der Waals surface area contributed by atoms with Crippen molar-refractivity contribution in [3.05, 3.63) is 60.8 Å². The molecule has 0 aromatic rings. The van der Waals surface area contributed by atoms with Gasteiger partial charge in [-0.3, -0.25) is 14.4 Å². The Morgan fingerprint density at radius 1 is 0.282 bits per heavy atom. The van der Waals surface area contributed by atoms with E-state index in [1.807, 2.05) is 0 Å². The van der Waals surface area contributed by atoms with Gasteiger partial charge in [-0.1, -0.05) is 274 Å². The first kappa shape index (κ1) is 68.1. The lowest BCUT2D eigenvalue weighted by molar-refractivity contribution is -0.167. The molecule has 6 nitrogen and oxygen atoms in total. The number of allylic oxidation sites excluding steroid dienone is 10. The minimum atomic E-state index is -0.797. The highest BCUT2D eigenvalue weighted by Gasteiger charge is 2.19. The second-order valence-corrected chi connectivity index (χ2v) is 20.6. The van der Waals surface area contributed by atoms with E-state index in [9.17, 15) is 14.4 Å². The van der Waals surface area contributed by atoms with E-state index in [1.165, 1.54) is 205 Å². The zero-order chi connectivity index (χ0) is 51.4. The maximum absolute atomic E-state index is 12.9. The molecule has 0 N–H and O–H groups in total. The summed E-state index contributed by atoms with van der Waals surface area (Å²) in [6.07, 6.45) is 75.1. The summed E-state index contributed by atoms with van der Waals surface area (Å²) in [5.74, 6) is -0.937. The van der Waals surface area contributed by atoms with Gasteiger partial charge < -0.3 is 14.2 Å². The van der Waals surface area contributed by atoms with E-state index in [1.54, 1.807) is 0 Å². The molecule has 71 heavy (non-hydrogen) atoms. The van der Waals surface area contributed by atoms with Crippen LogP contribution >= 0.6 is 0 Å². The van der Waals surface area contributed by atoms with E-state index in [0.29, 0.717) is 19.3 Å². The van der Waals surface area contributed by atoms with Crippen LogP contribution in [0.4, 0.5) is 0 Å². The lowest BCUT2D eigenvalue weighted by Crippen LogP contribution is -2.30. The van der Waals surface area contributed by atoms with Crippen molar-refractivity contribution in [2.75, 3.05) is 13.2 Å². The summed E-state index contributed by atoms with van der Waals surface area (Å²) in [6.45, 7) is 6.59. The van der Waals surface area contributed by atoms with Crippen molar-refractivity contribution in [3.8, 4) is 0 Å². The summed E-state index contributed by atoms with van der Waals surface area (Å²) in [4.78, 5) is 38.2. The molecule has 0 rings (SSSR count). The molecule has 0 bridgehead atoms. The van der Waals surface area contributed by atoms with Crippen LogP contribution in [0.15, 0.2) is 60.8 Å². The van der Waals surface area contributed by atoms with Crippen LogP contribution in [0.3, 0.4) is 0 Å². The third-order valence-electron chi connectivity index (χ3n) is 13.5. The number of ether oxygens (including phenoxy) is 3. The van der Waals surface area contributed by atoms with E-state index in [2.05, 4.69) is 81.5 Å². The number of carbonyl (C=O) groups is 3. The standard InChI is InChI=1S/C65H116O6/c1-4-7-10-13-16-19-22-25-28-30-31-32-33-35-38-41-44-47-50-53-56-59-65(68)71-62(60-69-63(66)57-54-51-48-45-42-39-36-27-24-21-18-15-12-9-6-3)61-70-64(67)58-55-52-49-46-43-40-37-34-29-26-23-20-17-14-11-8-5-2/h17,20-21,24,26,29,37,40,46,49,62H,4-16,18-19,22-23,25,27-28,30-36,38-39,41-45,47-48,50-61H2,1-3H3/b20-17-,24-21-,29-26-,40-37-,49-46-/t62-/m0/s1. The van der Waals surface area contributed by atoms with Gasteiger partial charge in [-0.15, -0.1) is 0 Å². The molecule has 0 unspecified atom stereocenters. The molecule has 0 radical (unpaired) electrons. The quantitative estimate of drug-likeness (QED) is 0.0261. The molecule has 0 aromatic carbocycles. The van der Waals surface area contributed by atoms with E-state index in [-0.39, 0.29) is 37.5 Å². The first-order valence-electron chi connectivity index (χ1n) is 30.8. The molecule has 0 aliphatic rings. The summed E-state index contributed by atoms with van der Waals surface area (Å²) in [6, 6.07) is 0. The average molecular weight is 994 g/mol. The Balaban J connectivity index is 4.40. The molecule has 0 fully saturated rings. The van der Waals surface area contributed by atoms with Crippen LogP contribution in [0.2, 0.25) is 0 Å². The molecule has 0 spiro atoms. The summed E-state index contributed by atoms with van der Waals surface area (Å²) >= 11 is 0. The summed E-state index contributed by atoms with van der Waals surface area (Å²) < 4.78 is 16.9. The third kappa shape index (κ3) is 57.9. The fourth-order valence-corrected chi connectivity index (χ4v) is 8.84. The number of rotatable bonds is 56. The predicted octanol–water partition coefficient (Wildman–Crippen LogP) is 20.8. The minimum absolute atomic E-state index is 0.0907. The van der Waals surface area contributed by atoms with Crippen molar-refractivity contribution < 1.29 is 28.6 Å². The van der Waals surface area contributed by atoms with Crippen molar-refractivity contribution in [2.24, 2.45) is 0 Å². The van der Waals surface area contributed by atoms with E-state index >= 15 is 0 Å². The van der Waals surface area contributed by atoms with Gasteiger partial charge in [-0.25, -0.2) is 0 Å². The maximum atomic E-state index is 12.9. The first-order valence-corrected chi connectivity index (χ1v) is 30.8. The second kappa shape index (κ2) is 59.7. The highest BCUT2D eigenvalue weighted by molar-refractivity contribution is 5.71. The Morgan fingerprint density at radius 3 is 0.901 bits per heavy atom. The number of esters is 3. The number of carbonyl (C=O) groups excluding carboxylic acids is 3. The highest BCUT2D eigenvalue weighted by atomic mass is 16.6. The molecule has 0 aliphatic carbocycles. The minimum Gasteiger partial charge on any atom is -0.462 e. The number of hydrogen-bond acceptors (Lipinski definition) is 6. The lowest BCUT2D eigenvalue weighted by atomic mass is 10.0. The van der Waals surface area contributed by atoms with Crippen LogP contribution < -0.4 is 0 Å². The Kier molecular flexibility index (Phi) is 57.2. The fourth-order valence-electron chi connectivity index (χ4n) is 8.84. The predicted molar refractivity (Wildman–Crippen MR) is 307 cm³/mol. The molecule has 0 aliphatic heterocycles. The van der Waals surface area contributed by atoms with Crippen molar-refractivity contribution in [1.82, 2.24) is 0 Å². The van der Waals surface area contributed by atoms with Gasteiger partial charge in [0.25, 0.3) is 0 Å². The van der Waals surface area contributed by atoms with Gasteiger partial charge in [-0.2, -0.15) is 0 Å². The monoisotopic (exact) mass is 993 g/mol. The maximum Gasteiger partial charge on any atom is 0.306 e. The molecule has 0 heterocycles. The molecule has 0 amide bonds.